The fraction of sp³-hybridized carbons (Fsp3) is 0.238. The molecule has 1 aliphatic rings. The number of hydrogen-bond acceptors (Lipinski definition) is 4. The van der Waals surface area contributed by atoms with Gasteiger partial charge in [-0.25, -0.2) is 9.18 Å². The molecule has 0 bridgehead atoms. The minimum Gasteiger partial charge on any atom is -0.487 e. The lowest BCUT2D eigenvalue weighted by Crippen LogP contribution is -2.39. The number of aliphatic carboxylic acids is 1. The molecule has 0 amide bonds. The standard InChI is InChI=1S/C21H16F4N2O3S/c22-14-5-4-12-6-15(26-17(12)8-14)9-20(19(28)29)11-31-18(27-20)10-30-16-3-1-2-13(7-16)21(23,24)25/h1-8,26H,9-11H2,(H,28,29). The smallest absolute Gasteiger partial charge is 0.416 e. The molecular weight excluding hydrogens is 436 g/mol. The van der Waals surface area contributed by atoms with E-state index in [2.05, 4.69) is 9.98 Å². The second kappa shape index (κ2) is 7.92. The molecular formula is C21H16F4N2O3S. The maximum absolute atomic E-state index is 13.4. The van der Waals surface area contributed by atoms with Crippen molar-refractivity contribution in [3.8, 4) is 5.75 Å². The van der Waals surface area contributed by atoms with Crippen LogP contribution in [-0.2, 0) is 17.4 Å². The number of halogens is 4. The number of hydrogen-bond donors (Lipinski definition) is 2. The first-order chi connectivity index (χ1) is 14.6. The molecule has 2 N–H and O–H groups in total. The van der Waals surface area contributed by atoms with Gasteiger partial charge in [0.15, 0.2) is 5.54 Å². The summed E-state index contributed by atoms with van der Waals surface area (Å²) in [6, 6.07) is 10.4. The molecule has 0 saturated carbocycles. The molecule has 0 spiro atoms. The Bertz CT molecular complexity index is 1170. The van der Waals surface area contributed by atoms with Crippen molar-refractivity contribution in [2.24, 2.45) is 4.99 Å². The van der Waals surface area contributed by atoms with Crippen molar-refractivity contribution >= 4 is 33.7 Å². The molecule has 10 heteroatoms. The summed E-state index contributed by atoms with van der Waals surface area (Å²) in [7, 11) is 0. The maximum atomic E-state index is 13.4. The van der Waals surface area contributed by atoms with Crippen LogP contribution in [0.2, 0.25) is 0 Å². The normalized spacial score (nSPS) is 18.9. The lowest BCUT2D eigenvalue weighted by molar-refractivity contribution is -0.142. The third-order valence-electron chi connectivity index (χ3n) is 4.86. The number of fused-ring (bicyclic) bond motifs is 1. The van der Waals surface area contributed by atoms with Gasteiger partial charge in [-0.2, -0.15) is 13.2 Å². The van der Waals surface area contributed by atoms with Gasteiger partial charge in [-0.3, -0.25) is 4.99 Å². The number of carbonyl (C=O) groups is 1. The zero-order valence-corrected chi connectivity index (χ0v) is 16.7. The van der Waals surface area contributed by atoms with Gasteiger partial charge in [-0.1, -0.05) is 6.07 Å². The van der Waals surface area contributed by atoms with Crippen molar-refractivity contribution in [3.05, 3.63) is 65.6 Å². The van der Waals surface area contributed by atoms with E-state index >= 15 is 0 Å². The molecule has 0 aliphatic carbocycles. The van der Waals surface area contributed by atoms with E-state index in [-0.39, 0.29) is 24.5 Å². The van der Waals surface area contributed by atoms with Gasteiger partial charge in [0.2, 0.25) is 0 Å². The predicted molar refractivity (Wildman–Crippen MR) is 109 cm³/mol. The minimum absolute atomic E-state index is 0.0172. The summed E-state index contributed by atoms with van der Waals surface area (Å²) in [4.78, 5) is 19.4. The van der Waals surface area contributed by atoms with Crippen molar-refractivity contribution in [1.82, 2.24) is 4.98 Å². The van der Waals surface area contributed by atoms with E-state index in [0.29, 0.717) is 16.3 Å². The molecule has 5 nitrogen and oxygen atoms in total. The summed E-state index contributed by atoms with van der Waals surface area (Å²) in [6.45, 7) is -0.140. The molecule has 31 heavy (non-hydrogen) atoms. The largest absolute Gasteiger partial charge is 0.487 e. The number of ether oxygens (including phenoxy) is 1. The summed E-state index contributed by atoms with van der Waals surface area (Å²) in [5.41, 5.74) is -1.14. The Hall–Kier alpha value is -3.01. The molecule has 4 rings (SSSR count). The lowest BCUT2D eigenvalue weighted by atomic mass is 9.96. The first-order valence-electron chi connectivity index (χ1n) is 9.17. The van der Waals surface area contributed by atoms with Crippen molar-refractivity contribution < 1.29 is 32.2 Å². The van der Waals surface area contributed by atoms with Gasteiger partial charge in [-0.05, 0) is 47.9 Å². The van der Waals surface area contributed by atoms with Crippen LogP contribution in [0.1, 0.15) is 11.3 Å². The van der Waals surface area contributed by atoms with Gasteiger partial charge in [-0.15, -0.1) is 11.8 Å². The van der Waals surface area contributed by atoms with E-state index in [1.807, 2.05) is 0 Å². The van der Waals surface area contributed by atoms with Crippen molar-refractivity contribution in [1.29, 1.82) is 0 Å². The van der Waals surface area contributed by atoms with Crippen LogP contribution < -0.4 is 4.74 Å². The van der Waals surface area contributed by atoms with Crippen LogP contribution in [0.15, 0.2) is 53.5 Å². The number of aromatic nitrogens is 1. The van der Waals surface area contributed by atoms with Gasteiger partial charge >= 0.3 is 12.1 Å². The van der Waals surface area contributed by atoms with Crippen LogP contribution in [0.3, 0.4) is 0 Å². The molecule has 1 aromatic heterocycles. The summed E-state index contributed by atoms with van der Waals surface area (Å²) in [6.07, 6.45) is -4.43. The van der Waals surface area contributed by atoms with E-state index in [0.717, 1.165) is 17.5 Å². The molecule has 3 aromatic rings. The highest BCUT2D eigenvalue weighted by molar-refractivity contribution is 8.14. The lowest BCUT2D eigenvalue weighted by Gasteiger charge is -2.19. The Morgan fingerprint density at radius 1 is 1.23 bits per heavy atom. The number of H-pyrrole nitrogens is 1. The Balaban J connectivity index is 1.51. The molecule has 2 heterocycles. The predicted octanol–water partition coefficient (Wildman–Crippen LogP) is 4.92. The van der Waals surface area contributed by atoms with Crippen LogP contribution in [0, 0.1) is 5.82 Å². The Kier molecular flexibility index (Phi) is 5.42. The number of benzene rings is 2. The summed E-state index contributed by atoms with van der Waals surface area (Å²) >= 11 is 1.18. The van der Waals surface area contributed by atoms with E-state index in [1.54, 1.807) is 12.1 Å². The van der Waals surface area contributed by atoms with Gasteiger partial charge in [0, 0.05) is 23.4 Å². The minimum atomic E-state index is -4.49. The highest BCUT2D eigenvalue weighted by Crippen LogP contribution is 2.34. The van der Waals surface area contributed by atoms with Crippen LogP contribution in [0.4, 0.5) is 17.6 Å². The number of aliphatic imine (C=N–C) groups is 1. The number of aromatic amines is 1. The number of nitrogens with zero attached hydrogens (tertiary/aromatic N) is 1. The average molecular weight is 452 g/mol. The molecule has 0 fully saturated rings. The quantitative estimate of drug-likeness (QED) is 0.521. The van der Waals surface area contributed by atoms with Crippen molar-refractivity contribution in [2.75, 3.05) is 12.4 Å². The number of alkyl halides is 3. The van der Waals surface area contributed by atoms with Gasteiger partial charge in [0.1, 0.15) is 23.2 Å². The number of carboxylic acids is 1. The number of thioether (sulfide) groups is 1. The van der Waals surface area contributed by atoms with Crippen LogP contribution in [0.25, 0.3) is 10.9 Å². The number of rotatable bonds is 6. The molecule has 1 unspecified atom stereocenters. The van der Waals surface area contributed by atoms with E-state index in [1.165, 1.54) is 36.0 Å². The summed E-state index contributed by atoms with van der Waals surface area (Å²) < 4.78 is 57.3. The number of carboxylic acid groups (broad SMARTS) is 1. The highest BCUT2D eigenvalue weighted by Gasteiger charge is 2.43. The maximum Gasteiger partial charge on any atom is 0.416 e. The third kappa shape index (κ3) is 4.53. The zero-order chi connectivity index (χ0) is 22.2. The van der Waals surface area contributed by atoms with Crippen molar-refractivity contribution in [2.45, 2.75) is 18.1 Å². The fourth-order valence-corrected chi connectivity index (χ4v) is 4.41. The molecule has 0 radical (unpaired) electrons. The van der Waals surface area contributed by atoms with Crippen LogP contribution in [0.5, 0.6) is 5.75 Å². The molecule has 1 aliphatic heterocycles. The topological polar surface area (TPSA) is 74.7 Å². The van der Waals surface area contributed by atoms with Gasteiger partial charge < -0.3 is 14.8 Å². The second-order valence-electron chi connectivity index (χ2n) is 7.15. The van der Waals surface area contributed by atoms with Crippen LogP contribution in [-0.4, -0.2) is 39.0 Å². The molecule has 0 saturated heterocycles. The SMILES string of the molecule is O=C(O)C1(Cc2cc3ccc(F)cc3[nH]2)CSC(COc2cccc(C(F)(F)F)c2)=N1. The number of nitrogens with one attached hydrogen (secondary N) is 1. The first-order valence-corrected chi connectivity index (χ1v) is 10.2. The Labute approximate surface area is 178 Å². The second-order valence-corrected chi connectivity index (χ2v) is 8.20. The molecule has 162 valence electrons. The Morgan fingerprint density at radius 3 is 2.77 bits per heavy atom. The summed E-state index contributed by atoms with van der Waals surface area (Å²) in [5, 5.41) is 10.9. The fourth-order valence-electron chi connectivity index (χ4n) is 3.33. The highest BCUT2D eigenvalue weighted by atomic mass is 32.2. The van der Waals surface area contributed by atoms with Gasteiger partial charge in [0.25, 0.3) is 0 Å². The zero-order valence-electron chi connectivity index (χ0n) is 15.9. The monoisotopic (exact) mass is 452 g/mol. The van der Waals surface area contributed by atoms with E-state index < -0.39 is 29.1 Å². The van der Waals surface area contributed by atoms with Crippen LogP contribution >= 0.6 is 11.8 Å². The van der Waals surface area contributed by atoms with Gasteiger partial charge in [0.05, 0.1) is 5.56 Å². The van der Waals surface area contributed by atoms with E-state index in [9.17, 15) is 27.5 Å². The van der Waals surface area contributed by atoms with E-state index in [4.69, 9.17) is 4.74 Å². The first kappa shape index (κ1) is 21.2. The van der Waals surface area contributed by atoms with Crippen molar-refractivity contribution in [3.63, 3.8) is 0 Å². The average Bonchev–Trinajstić information content (AvgIpc) is 3.30. The third-order valence-corrected chi connectivity index (χ3v) is 6.03. The molecule has 1 atom stereocenters. The summed E-state index contributed by atoms with van der Waals surface area (Å²) in [5.74, 6) is -1.37. The Morgan fingerprint density at radius 2 is 2.03 bits per heavy atom. The molecule has 2 aromatic carbocycles.